The molecule has 0 aromatic carbocycles. The van der Waals surface area contributed by atoms with Gasteiger partial charge in [0, 0.05) is 13.1 Å². The smallest absolute Gasteiger partial charge is 0.324 e. The average molecular weight is 692 g/mol. The van der Waals surface area contributed by atoms with Crippen LogP contribution in [-0.2, 0) is 28.7 Å². The Balaban J connectivity index is 2.40. The molecule has 5 N–H and O–H groups in total. The number of aliphatic hydroxyl groups is 1. The molecule has 0 bridgehead atoms. The molecule has 0 spiro atoms. The summed E-state index contributed by atoms with van der Waals surface area (Å²) in [5.74, 6) is -3.12. The summed E-state index contributed by atoms with van der Waals surface area (Å²) in [4.78, 5) is 69.0. The second-order valence-corrected chi connectivity index (χ2v) is 16.2. The Labute approximate surface area is 294 Å². The minimum Gasteiger partial charge on any atom is -0.459 e. The van der Waals surface area contributed by atoms with Crippen LogP contribution in [0.4, 0.5) is 0 Å². The molecule has 3 amide bonds. The van der Waals surface area contributed by atoms with Gasteiger partial charge in [-0.15, -0.1) is 6.58 Å². The number of esters is 1. The largest absolute Gasteiger partial charge is 0.459 e. The van der Waals surface area contributed by atoms with Crippen molar-refractivity contribution >= 4 is 29.5 Å². The highest BCUT2D eigenvalue weighted by molar-refractivity contribution is 6.38. The van der Waals surface area contributed by atoms with Crippen LogP contribution in [0.1, 0.15) is 120 Å². The number of unbranched alkanes of at least 4 members (excludes halogenated alkanes) is 1. The fourth-order valence-electron chi connectivity index (χ4n) is 6.65. The van der Waals surface area contributed by atoms with Crippen molar-refractivity contribution in [1.29, 1.82) is 0 Å². The van der Waals surface area contributed by atoms with Gasteiger partial charge in [-0.1, -0.05) is 79.7 Å². The molecule has 2 aliphatic rings. The summed E-state index contributed by atoms with van der Waals surface area (Å²) >= 11 is 0. The van der Waals surface area contributed by atoms with Gasteiger partial charge < -0.3 is 25.4 Å². The molecular formula is C37H65N5O7. The van der Waals surface area contributed by atoms with Crippen molar-refractivity contribution in [2.45, 2.75) is 156 Å². The molecule has 0 aromatic rings. The first-order chi connectivity index (χ1) is 22.8. The molecule has 1 saturated heterocycles. The third-order valence-electron chi connectivity index (χ3n) is 9.61. The van der Waals surface area contributed by atoms with E-state index in [1.165, 1.54) is 6.08 Å². The number of amides is 3. The summed E-state index contributed by atoms with van der Waals surface area (Å²) < 4.78 is 5.59. The fraction of sp³-hybridized carbons (Fsp3) is 0.811. The molecule has 2 rings (SSSR count). The molecule has 6 atom stereocenters. The van der Waals surface area contributed by atoms with Gasteiger partial charge in [0.2, 0.25) is 17.6 Å². The van der Waals surface area contributed by atoms with Gasteiger partial charge in [0.25, 0.3) is 5.91 Å². The zero-order valence-electron chi connectivity index (χ0n) is 31.5. The van der Waals surface area contributed by atoms with E-state index in [1.54, 1.807) is 25.7 Å². The summed E-state index contributed by atoms with van der Waals surface area (Å²) in [7, 11) is 0. The summed E-state index contributed by atoms with van der Waals surface area (Å²) in [5, 5.41) is 22.7. The number of Topliss-reactive ketones (excluding diaryl/α,β-unsaturated/α-hetero) is 1. The highest BCUT2D eigenvalue weighted by Crippen LogP contribution is 2.38. The average Bonchev–Trinajstić information content (AvgIpc) is 3.48. The Morgan fingerprint density at radius 1 is 1.00 bits per heavy atom. The van der Waals surface area contributed by atoms with E-state index in [2.05, 4.69) is 48.6 Å². The fourth-order valence-corrected chi connectivity index (χ4v) is 6.65. The van der Waals surface area contributed by atoms with Crippen LogP contribution >= 0.6 is 0 Å². The summed E-state index contributed by atoms with van der Waals surface area (Å²) in [6, 6.07) is -3.55. The lowest BCUT2D eigenvalue weighted by atomic mass is 9.79. The van der Waals surface area contributed by atoms with E-state index in [9.17, 15) is 29.1 Å². The lowest BCUT2D eigenvalue weighted by Crippen LogP contribution is -2.62. The zero-order chi connectivity index (χ0) is 37.1. The molecule has 0 radical (unpaired) electrons. The maximum atomic E-state index is 14.6. The molecule has 0 aromatic heterocycles. The van der Waals surface area contributed by atoms with Crippen molar-refractivity contribution in [3.05, 3.63) is 12.7 Å². The second kappa shape index (κ2) is 19.0. The number of rotatable bonds is 17. The first-order valence-electron chi connectivity index (χ1n) is 18.3. The second-order valence-electron chi connectivity index (χ2n) is 16.2. The van der Waals surface area contributed by atoms with Crippen LogP contribution in [0.2, 0.25) is 0 Å². The van der Waals surface area contributed by atoms with Crippen LogP contribution in [0.5, 0.6) is 0 Å². The van der Waals surface area contributed by atoms with Gasteiger partial charge >= 0.3 is 5.97 Å². The van der Waals surface area contributed by atoms with Gasteiger partial charge in [0.05, 0.1) is 12.1 Å². The summed E-state index contributed by atoms with van der Waals surface area (Å²) in [5.41, 5.74) is -0.933. The van der Waals surface area contributed by atoms with Crippen molar-refractivity contribution in [2.75, 3.05) is 13.1 Å². The van der Waals surface area contributed by atoms with E-state index in [-0.39, 0.29) is 35.6 Å². The SMILES string of the molecule is C=CCNC(=O)C(=O)C(CCCC)NC(=O)[C@@H]1C[C@@H](C(C)(C)C)CN1C(=O)[C@@H](NC(O)N[C@H](C(=O)OC(C)(C)C)C(C)C)C1CCCCC1. The van der Waals surface area contributed by atoms with Crippen molar-refractivity contribution in [2.24, 2.45) is 23.2 Å². The molecular weight excluding hydrogens is 626 g/mol. The highest BCUT2D eigenvalue weighted by atomic mass is 16.6. The number of hydrogen-bond donors (Lipinski definition) is 5. The van der Waals surface area contributed by atoms with E-state index in [4.69, 9.17) is 4.74 Å². The number of ketones is 1. The van der Waals surface area contributed by atoms with E-state index in [1.807, 2.05) is 20.8 Å². The van der Waals surface area contributed by atoms with Crippen LogP contribution in [-0.4, -0.2) is 88.7 Å². The zero-order valence-corrected chi connectivity index (χ0v) is 31.5. The van der Waals surface area contributed by atoms with Gasteiger partial charge in [0.1, 0.15) is 17.7 Å². The maximum absolute atomic E-state index is 14.6. The number of carbonyl (C=O) groups excluding carboxylic acids is 5. The first-order valence-corrected chi connectivity index (χ1v) is 18.3. The van der Waals surface area contributed by atoms with Gasteiger partial charge in [-0.25, -0.2) is 0 Å². The van der Waals surface area contributed by atoms with E-state index >= 15 is 0 Å². The maximum Gasteiger partial charge on any atom is 0.324 e. The monoisotopic (exact) mass is 691 g/mol. The van der Waals surface area contributed by atoms with Crippen molar-refractivity contribution in [3.8, 4) is 0 Å². The molecule has 2 fully saturated rings. The first kappa shape index (κ1) is 42.3. The van der Waals surface area contributed by atoms with Gasteiger partial charge in [0.15, 0.2) is 6.35 Å². The minimum atomic E-state index is -1.41. The Morgan fingerprint density at radius 2 is 1.63 bits per heavy atom. The quantitative estimate of drug-likeness (QED) is 0.0664. The number of nitrogens with zero attached hydrogens (tertiary/aromatic N) is 1. The van der Waals surface area contributed by atoms with E-state index in [0.29, 0.717) is 25.8 Å². The number of aliphatic hydroxyl groups excluding tert-OH is 1. The molecule has 1 aliphatic heterocycles. The lowest BCUT2D eigenvalue weighted by molar-refractivity contribution is -0.160. The summed E-state index contributed by atoms with van der Waals surface area (Å²) in [6.07, 6.45) is 6.64. The number of likely N-dealkylation sites (tertiary alicyclic amines) is 1. The predicted octanol–water partition coefficient (Wildman–Crippen LogP) is 3.57. The normalized spacial score (nSPS) is 21.4. The van der Waals surface area contributed by atoms with E-state index < -0.39 is 59.7 Å². The molecule has 280 valence electrons. The van der Waals surface area contributed by atoms with Crippen LogP contribution in [0.3, 0.4) is 0 Å². The van der Waals surface area contributed by atoms with Crippen molar-refractivity contribution < 1.29 is 33.8 Å². The number of ether oxygens (including phenoxy) is 1. The molecule has 12 nitrogen and oxygen atoms in total. The minimum absolute atomic E-state index is 0.0135. The van der Waals surface area contributed by atoms with Gasteiger partial charge in [-0.2, -0.15) is 0 Å². The molecule has 49 heavy (non-hydrogen) atoms. The molecule has 12 heteroatoms. The standard InChI is InChI=1S/C37H65N5O7/c1-11-13-19-26(30(43)32(45)38-20-12-2)39-31(44)27-21-25(36(5,6)7)22-42(27)33(46)29(24-17-15-14-16-18-24)41-35(48)40-28(23(3)4)34(47)49-37(8,9)10/h12,23-29,35,40-41,48H,2,11,13-22H2,1,3-10H3,(H,38,45)(H,39,44)/t25-,26?,27+,28+,29+,35?/m1/s1. The number of nitrogens with one attached hydrogen (secondary N) is 4. The van der Waals surface area contributed by atoms with Crippen LogP contribution in [0, 0.1) is 23.2 Å². The van der Waals surface area contributed by atoms with Gasteiger partial charge in [-0.3, -0.25) is 34.6 Å². The Kier molecular flexibility index (Phi) is 16.4. The van der Waals surface area contributed by atoms with Crippen LogP contribution < -0.4 is 21.3 Å². The molecule has 1 heterocycles. The Bertz CT molecular complexity index is 1140. The number of hydrogen-bond acceptors (Lipinski definition) is 9. The molecule has 2 unspecified atom stereocenters. The molecule has 1 saturated carbocycles. The van der Waals surface area contributed by atoms with Crippen molar-refractivity contribution in [3.63, 3.8) is 0 Å². The highest BCUT2D eigenvalue weighted by Gasteiger charge is 2.47. The Morgan fingerprint density at radius 3 is 2.16 bits per heavy atom. The van der Waals surface area contributed by atoms with Gasteiger partial charge in [-0.05, 0) is 69.6 Å². The number of carbonyl (C=O) groups is 5. The topological polar surface area (TPSA) is 166 Å². The Hall–Kier alpha value is -2.83. The third-order valence-corrected chi connectivity index (χ3v) is 9.61. The van der Waals surface area contributed by atoms with Crippen LogP contribution in [0.15, 0.2) is 12.7 Å². The van der Waals surface area contributed by atoms with E-state index in [0.717, 1.165) is 38.5 Å². The summed E-state index contributed by atoms with van der Waals surface area (Å²) in [6.45, 7) is 21.2. The van der Waals surface area contributed by atoms with Crippen molar-refractivity contribution in [1.82, 2.24) is 26.2 Å². The third kappa shape index (κ3) is 13.1. The predicted molar refractivity (Wildman–Crippen MR) is 190 cm³/mol. The molecule has 1 aliphatic carbocycles. The van der Waals surface area contributed by atoms with Crippen LogP contribution in [0.25, 0.3) is 0 Å². The lowest BCUT2D eigenvalue weighted by Gasteiger charge is -2.37.